The zero-order chi connectivity index (χ0) is 16.3. The number of fused-ring (bicyclic) bond motifs is 1. The molecule has 0 N–H and O–H groups in total. The molecule has 0 saturated carbocycles. The Labute approximate surface area is 137 Å². The second kappa shape index (κ2) is 6.25. The second-order valence-corrected chi connectivity index (χ2v) is 5.96. The quantitative estimate of drug-likeness (QED) is 0.730. The van der Waals surface area contributed by atoms with Gasteiger partial charge in [0, 0.05) is 12.2 Å². The van der Waals surface area contributed by atoms with Crippen molar-refractivity contribution in [2.24, 2.45) is 0 Å². The van der Waals surface area contributed by atoms with Crippen LogP contribution in [0.2, 0.25) is 0 Å². The van der Waals surface area contributed by atoms with Gasteiger partial charge in [-0.2, -0.15) is 0 Å². The average molecular weight is 303 g/mol. The molecule has 116 valence electrons. The topological polar surface area (TPSA) is 20.3 Å². The highest BCUT2D eigenvalue weighted by Gasteiger charge is 2.49. The standard InChI is InChI=1S/C21H21NO/c1-3-14-21(16-17-10-6-5-7-11-17)18-12-8-9-13-19(18)22(15-4-2)20(21)23/h3-13H,1-2,14-16H2/t21-/m1/s1. The van der Waals surface area contributed by atoms with Gasteiger partial charge < -0.3 is 4.90 Å². The molecule has 1 heterocycles. The van der Waals surface area contributed by atoms with E-state index in [9.17, 15) is 4.79 Å². The predicted octanol–water partition coefficient (Wildman–Crippen LogP) is 4.28. The molecule has 1 amide bonds. The van der Waals surface area contributed by atoms with Gasteiger partial charge in [0.2, 0.25) is 5.91 Å². The third kappa shape index (κ3) is 2.50. The van der Waals surface area contributed by atoms with Gasteiger partial charge in [-0.3, -0.25) is 4.79 Å². The van der Waals surface area contributed by atoms with Gasteiger partial charge in [-0.1, -0.05) is 60.7 Å². The number of anilines is 1. The predicted molar refractivity (Wildman–Crippen MR) is 95.6 cm³/mol. The molecule has 3 rings (SSSR count). The molecule has 0 fully saturated rings. The zero-order valence-electron chi connectivity index (χ0n) is 13.2. The minimum atomic E-state index is -0.567. The third-order valence-electron chi connectivity index (χ3n) is 4.52. The van der Waals surface area contributed by atoms with Crippen molar-refractivity contribution >= 4 is 11.6 Å². The van der Waals surface area contributed by atoms with Crippen molar-refractivity contribution in [2.45, 2.75) is 18.3 Å². The van der Waals surface area contributed by atoms with E-state index in [1.165, 1.54) is 0 Å². The number of para-hydroxylation sites is 1. The van der Waals surface area contributed by atoms with Crippen LogP contribution >= 0.6 is 0 Å². The minimum Gasteiger partial charge on any atom is -0.308 e. The van der Waals surface area contributed by atoms with Crippen LogP contribution < -0.4 is 4.90 Å². The molecule has 0 saturated heterocycles. The van der Waals surface area contributed by atoms with Crippen LogP contribution in [0.15, 0.2) is 79.9 Å². The van der Waals surface area contributed by atoms with Crippen molar-refractivity contribution in [3.05, 3.63) is 91.0 Å². The maximum absolute atomic E-state index is 13.3. The highest BCUT2D eigenvalue weighted by molar-refractivity contribution is 6.08. The smallest absolute Gasteiger partial charge is 0.238 e. The average Bonchev–Trinajstić information content (AvgIpc) is 2.80. The summed E-state index contributed by atoms with van der Waals surface area (Å²) >= 11 is 0. The maximum Gasteiger partial charge on any atom is 0.238 e. The molecule has 2 aromatic rings. The second-order valence-electron chi connectivity index (χ2n) is 5.96. The molecule has 0 aliphatic carbocycles. The lowest BCUT2D eigenvalue weighted by Crippen LogP contribution is -2.41. The van der Waals surface area contributed by atoms with Crippen LogP contribution in [-0.4, -0.2) is 12.5 Å². The van der Waals surface area contributed by atoms with Crippen LogP contribution in [0.5, 0.6) is 0 Å². The Morgan fingerprint density at radius 3 is 2.35 bits per heavy atom. The van der Waals surface area contributed by atoms with E-state index >= 15 is 0 Å². The van der Waals surface area contributed by atoms with Crippen molar-refractivity contribution in [3.63, 3.8) is 0 Å². The summed E-state index contributed by atoms with van der Waals surface area (Å²) in [5, 5.41) is 0. The number of hydrogen-bond acceptors (Lipinski definition) is 1. The Kier molecular flexibility index (Phi) is 4.16. The first-order valence-electron chi connectivity index (χ1n) is 7.90. The van der Waals surface area contributed by atoms with Gasteiger partial charge in [0.05, 0.1) is 5.41 Å². The molecule has 0 radical (unpaired) electrons. The van der Waals surface area contributed by atoms with Crippen LogP contribution in [0.1, 0.15) is 17.5 Å². The summed E-state index contributed by atoms with van der Waals surface area (Å²) in [5.74, 6) is 0.141. The molecule has 2 nitrogen and oxygen atoms in total. The molecular formula is C21H21NO. The van der Waals surface area contributed by atoms with Crippen molar-refractivity contribution < 1.29 is 4.79 Å². The molecule has 0 unspecified atom stereocenters. The molecule has 0 bridgehead atoms. The Balaban J connectivity index is 2.13. The van der Waals surface area contributed by atoms with Gasteiger partial charge in [0.25, 0.3) is 0 Å². The molecular weight excluding hydrogens is 282 g/mol. The van der Waals surface area contributed by atoms with Crippen LogP contribution in [0.3, 0.4) is 0 Å². The molecule has 23 heavy (non-hydrogen) atoms. The fraction of sp³-hybridized carbons (Fsp3) is 0.190. The van der Waals surface area contributed by atoms with E-state index in [1.54, 1.807) is 6.08 Å². The Bertz CT molecular complexity index is 735. The Morgan fingerprint density at radius 2 is 1.65 bits per heavy atom. The van der Waals surface area contributed by atoms with Crippen LogP contribution in [-0.2, 0) is 16.6 Å². The van der Waals surface area contributed by atoms with Gasteiger partial charge >= 0.3 is 0 Å². The number of carbonyl (C=O) groups excluding carboxylic acids is 1. The summed E-state index contributed by atoms with van der Waals surface area (Å²) in [5.41, 5.74) is 2.69. The summed E-state index contributed by atoms with van der Waals surface area (Å²) < 4.78 is 0. The van der Waals surface area contributed by atoms with E-state index in [1.807, 2.05) is 47.4 Å². The number of benzene rings is 2. The lowest BCUT2D eigenvalue weighted by Gasteiger charge is -2.28. The largest absolute Gasteiger partial charge is 0.308 e. The van der Waals surface area contributed by atoms with Gasteiger partial charge in [0.1, 0.15) is 0 Å². The first kappa shape index (κ1) is 15.3. The van der Waals surface area contributed by atoms with Crippen LogP contribution in [0.4, 0.5) is 5.69 Å². The van der Waals surface area contributed by atoms with E-state index < -0.39 is 5.41 Å². The van der Waals surface area contributed by atoms with E-state index in [4.69, 9.17) is 0 Å². The number of carbonyl (C=O) groups is 1. The monoisotopic (exact) mass is 303 g/mol. The molecule has 1 atom stereocenters. The van der Waals surface area contributed by atoms with Crippen LogP contribution in [0.25, 0.3) is 0 Å². The fourth-order valence-electron chi connectivity index (χ4n) is 3.54. The van der Waals surface area contributed by atoms with Gasteiger partial charge in [0.15, 0.2) is 0 Å². The molecule has 2 aromatic carbocycles. The van der Waals surface area contributed by atoms with E-state index in [2.05, 4.69) is 31.4 Å². The summed E-state index contributed by atoms with van der Waals surface area (Å²) in [6, 6.07) is 18.3. The first-order chi connectivity index (χ1) is 11.2. The Hall–Kier alpha value is -2.61. The Morgan fingerprint density at radius 1 is 0.957 bits per heavy atom. The third-order valence-corrected chi connectivity index (χ3v) is 4.52. The number of allylic oxidation sites excluding steroid dienone is 1. The lowest BCUT2D eigenvalue weighted by atomic mass is 9.74. The van der Waals surface area contributed by atoms with Crippen molar-refractivity contribution in [3.8, 4) is 0 Å². The molecule has 1 aliphatic rings. The summed E-state index contributed by atoms with van der Waals surface area (Å²) in [7, 11) is 0. The normalized spacial score (nSPS) is 19.5. The number of rotatable bonds is 6. The van der Waals surface area contributed by atoms with E-state index in [-0.39, 0.29) is 5.91 Å². The summed E-state index contributed by atoms with van der Waals surface area (Å²) in [6.07, 6.45) is 4.95. The minimum absolute atomic E-state index is 0.141. The lowest BCUT2D eigenvalue weighted by molar-refractivity contribution is -0.123. The van der Waals surface area contributed by atoms with Gasteiger partial charge in [-0.25, -0.2) is 0 Å². The molecule has 2 heteroatoms. The fourth-order valence-corrected chi connectivity index (χ4v) is 3.54. The maximum atomic E-state index is 13.3. The SMILES string of the molecule is C=CCN1C(=O)[C@](CC=C)(Cc2ccccc2)c2ccccc21. The van der Waals surface area contributed by atoms with Crippen LogP contribution in [0, 0.1) is 0 Å². The van der Waals surface area contributed by atoms with E-state index in [0.717, 1.165) is 16.8 Å². The number of amides is 1. The van der Waals surface area contributed by atoms with Crippen molar-refractivity contribution in [2.75, 3.05) is 11.4 Å². The summed E-state index contributed by atoms with van der Waals surface area (Å²) in [4.78, 5) is 15.1. The highest BCUT2D eigenvalue weighted by atomic mass is 16.2. The zero-order valence-corrected chi connectivity index (χ0v) is 13.2. The van der Waals surface area contributed by atoms with Gasteiger partial charge in [-0.15, -0.1) is 13.2 Å². The molecule has 1 aliphatic heterocycles. The van der Waals surface area contributed by atoms with Crippen molar-refractivity contribution in [1.29, 1.82) is 0 Å². The summed E-state index contributed by atoms with van der Waals surface area (Å²) in [6.45, 7) is 8.22. The molecule has 0 aromatic heterocycles. The van der Waals surface area contributed by atoms with Gasteiger partial charge in [-0.05, 0) is 30.0 Å². The highest BCUT2D eigenvalue weighted by Crippen LogP contribution is 2.46. The number of nitrogens with zero attached hydrogens (tertiary/aromatic N) is 1. The van der Waals surface area contributed by atoms with Crippen molar-refractivity contribution in [1.82, 2.24) is 0 Å². The van der Waals surface area contributed by atoms with E-state index in [0.29, 0.717) is 19.4 Å². The number of hydrogen-bond donors (Lipinski definition) is 0. The molecule has 0 spiro atoms. The first-order valence-corrected chi connectivity index (χ1v) is 7.90.